The number of halogens is 1. The van der Waals surface area contributed by atoms with Crippen LogP contribution in [0, 0.1) is 12.7 Å². The maximum absolute atomic E-state index is 13.2. The third-order valence-electron chi connectivity index (χ3n) is 5.54. The topological polar surface area (TPSA) is 54.5 Å². The Labute approximate surface area is 202 Å². The van der Waals surface area contributed by atoms with Crippen LogP contribution >= 0.6 is 11.3 Å². The Bertz CT molecular complexity index is 1260. The summed E-state index contributed by atoms with van der Waals surface area (Å²) in [6.07, 6.45) is 0. The zero-order chi connectivity index (χ0) is 24.1. The van der Waals surface area contributed by atoms with Crippen molar-refractivity contribution in [2.24, 2.45) is 0 Å². The normalized spacial score (nSPS) is 11.6. The van der Waals surface area contributed by atoms with Crippen molar-refractivity contribution in [3.8, 4) is 17.0 Å². The molecule has 0 bridgehead atoms. The number of carbonyl (C=O) groups is 1. The number of amides is 1. The Morgan fingerprint density at radius 1 is 1.09 bits per heavy atom. The fourth-order valence-corrected chi connectivity index (χ4v) is 4.52. The molecule has 3 aromatic carbocycles. The van der Waals surface area contributed by atoms with E-state index in [1.165, 1.54) is 29.0 Å². The summed E-state index contributed by atoms with van der Waals surface area (Å²) >= 11 is 1.47. The smallest absolute Gasteiger partial charge is 0.243 e. The number of methoxy groups -OCH3 is 1. The molecule has 0 aliphatic carbocycles. The molecular formula is C27H26FN3O2S. The molecule has 0 radical (unpaired) electrons. The Kier molecular flexibility index (Phi) is 7.23. The van der Waals surface area contributed by atoms with E-state index in [-0.39, 0.29) is 11.7 Å². The van der Waals surface area contributed by atoms with Gasteiger partial charge >= 0.3 is 0 Å². The molecule has 5 nitrogen and oxygen atoms in total. The Hall–Kier alpha value is -3.71. The largest absolute Gasteiger partial charge is 0.495 e. The second-order valence-electron chi connectivity index (χ2n) is 7.94. The van der Waals surface area contributed by atoms with Gasteiger partial charge in [-0.05, 0) is 43.7 Å². The van der Waals surface area contributed by atoms with Gasteiger partial charge in [0, 0.05) is 17.5 Å². The zero-order valence-corrected chi connectivity index (χ0v) is 20.1. The molecule has 34 heavy (non-hydrogen) atoms. The van der Waals surface area contributed by atoms with Gasteiger partial charge in [-0.25, -0.2) is 9.37 Å². The third-order valence-corrected chi connectivity index (χ3v) is 6.38. The van der Waals surface area contributed by atoms with Crippen LogP contribution in [0.25, 0.3) is 11.3 Å². The van der Waals surface area contributed by atoms with Gasteiger partial charge in [-0.1, -0.05) is 54.1 Å². The van der Waals surface area contributed by atoms with Crippen molar-refractivity contribution in [2.75, 3.05) is 12.0 Å². The minimum atomic E-state index is -0.575. The van der Waals surface area contributed by atoms with Gasteiger partial charge in [0.2, 0.25) is 5.91 Å². The molecule has 174 valence electrons. The molecule has 0 fully saturated rings. The lowest BCUT2D eigenvalue weighted by Crippen LogP contribution is -2.42. The molecule has 0 saturated carbocycles. The zero-order valence-electron chi connectivity index (χ0n) is 19.3. The number of aryl methyl sites for hydroxylation is 1. The Balaban J connectivity index is 1.64. The standard InChI is InChI=1S/C27H26FN3O2S/c1-18-8-12-21(13-9-18)23-17-34-27(30-23)31(24-6-4-5-7-25(24)33-3)19(2)26(32)29-16-20-10-14-22(28)15-11-20/h4-15,17,19H,16H2,1-3H3,(H,29,32). The van der Waals surface area contributed by atoms with Crippen molar-refractivity contribution in [1.29, 1.82) is 0 Å². The van der Waals surface area contributed by atoms with Gasteiger partial charge in [-0.2, -0.15) is 0 Å². The number of thiazole rings is 1. The van der Waals surface area contributed by atoms with Crippen LogP contribution in [0.15, 0.2) is 78.2 Å². The molecule has 1 N–H and O–H groups in total. The quantitative estimate of drug-likeness (QED) is 0.334. The molecule has 1 amide bonds. The van der Waals surface area contributed by atoms with E-state index in [1.54, 1.807) is 19.2 Å². The molecule has 4 aromatic rings. The van der Waals surface area contributed by atoms with Crippen LogP contribution in [0.2, 0.25) is 0 Å². The second-order valence-corrected chi connectivity index (χ2v) is 8.78. The average molecular weight is 476 g/mol. The first-order valence-corrected chi connectivity index (χ1v) is 11.8. The molecule has 4 rings (SSSR count). The van der Waals surface area contributed by atoms with Crippen molar-refractivity contribution in [2.45, 2.75) is 26.4 Å². The lowest BCUT2D eigenvalue weighted by Gasteiger charge is -2.29. The number of hydrogen-bond acceptors (Lipinski definition) is 5. The van der Waals surface area contributed by atoms with Crippen molar-refractivity contribution >= 4 is 28.1 Å². The summed E-state index contributed by atoms with van der Waals surface area (Å²) < 4.78 is 18.8. The Morgan fingerprint density at radius 2 is 1.79 bits per heavy atom. The summed E-state index contributed by atoms with van der Waals surface area (Å²) in [6, 6.07) is 21.3. The van der Waals surface area contributed by atoms with Crippen LogP contribution < -0.4 is 15.0 Å². The second kappa shape index (κ2) is 10.5. The van der Waals surface area contributed by atoms with Crippen LogP contribution in [0.1, 0.15) is 18.1 Å². The molecule has 1 aromatic heterocycles. The maximum atomic E-state index is 13.2. The molecule has 0 saturated heterocycles. The van der Waals surface area contributed by atoms with Gasteiger partial charge in [0.05, 0.1) is 18.5 Å². The predicted molar refractivity (Wildman–Crippen MR) is 135 cm³/mol. The van der Waals surface area contributed by atoms with Gasteiger partial charge < -0.3 is 15.0 Å². The number of ether oxygens (including phenoxy) is 1. The van der Waals surface area contributed by atoms with Crippen LogP contribution in [0.3, 0.4) is 0 Å². The van der Waals surface area contributed by atoms with Gasteiger partial charge in [0.15, 0.2) is 5.13 Å². The SMILES string of the molecule is COc1ccccc1N(c1nc(-c2ccc(C)cc2)cs1)C(C)C(=O)NCc1ccc(F)cc1. The number of benzene rings is 3. The highest BCUT2D eigenvalue weighted by atomic mass is 32.1. The monoisotopic (exact) mass is 475 g/mol. The number of aromatic nitrogens is 1. The van der Waals surface area contributed by atoms with Crippen LogP contribution in [0.5, 0.6) is 5.75 Å². The predicted octanol–water partition coefficient (Wildman–Crippen LogP) is 6.11. The van der Waals surface area contributed by atoms with Gasteiger partial charge in [0.25, 0.3) is 0 Å². The van der Waals surface area contributed by atoms with Crippen molar-refractivity contribution < 1.29 is 13.9 Å². The molecular weight excluding hydrogens is 449 g/mol. The average Bonchev–Trinajstić information content (AvgIpc) is 3.34. The number of para-hydroxylation sites is 2. The molecule has 0 spiro atoms. The molecule has 1 unspecified atom stereocenters. The lowest BCUT2D eigenvalue weighted by atomic mass is 10.1. The number of carbonyl (C=O) groups excluding carboxylic acids is 1. The summed E-state index contributed by atoms with van der Waals surface area (Å²) in [5.41, 5.74) is 4.61. The summed E-state index contributed by atoms with van der Waals surface area (Å²) in [6.45, 7) is 4.18. The van der Waals surface area contributed by atoms with Gasteiger partial charge in [0.1, 0.15) is 17.6 Å². The van der Waals surface area contributed by atoms with E-state index in [0.29, 0.717) is 17.4 Å². The van der Waals surface area contributed by atoms with Crippen molar-refractivity contribution in [3.63, 3.8) is 0 Å². The summed E-state index contributed by atoms with van der Waals surface area (Å²) in [7, 11) is 1.61. The highest BCUT2D eigenvalue weighted by Gasteiger charge is 2.28. The van der Waals surface area contributed by atoms with E-state index in [0.717, 1.165) is 22.5 Å². The maximum Gasteiger partial charge on any atom is 0.243 e. The lowest BCUT2D eigenvalue weighted by molar-refractivity contribution is -0.122. The first-order valence-electron chi connectivity index (χ1n) is 10.9. The molecule has 0 aliphatic rings. The van der Waals surface area contributed by atoms with E-state index >= 15 is 0 Å². The van der Waals surface area contributed by atoms with Crippen LogP contribution in [-0.4, -0.2) is 24.0 Å². The minimum absolute atomic E-state index is 0.178. The first kappa shape index (κ1) is 23.4. The summed E-state index contributed by atoms with van der Waals surface area (Å²) in [5.74, 6) is 0.161. The summed E-state index contributed by atoms with van der Waals surface area (Å²) in [4.78, 5) is 19.9. The fourth-order valence-electron chi connectivity index (χ4n) is 3.59. The third kappa shape index (κ3) is 5.26. The number of rotatable bonds is 8. The van der Waals surface area contributed by atoms with E-state index in [9.17, 15) is 9.18 Å². The Morgan fingerprint density at radius 3 is 2.50 bits per heavy atom. The molecule has 1 atom stereocenters. The van der Waals surface area contributed by atoms with Gasteiger partial charge in [-0.3, -0.25) is 4.79 Å². The van der Waals surface area contributed by atoms with Crippen LogP contribution in [-0.2, 0) is 11.3 Å². The van der Waals surface area contributed by atoms with Gasteiger partial charge in [-0.15, -0.1) is 11.3 Å². The number of hydrogen-bond donors (Lipinski definition) is 1. The van der Waals surface area contributed by atoms with E-state index < -0.39 is 6.04 Å². The highest BCUT2D eigenvalue weighted by Crippen LogP contribution is 2.38. The van der Waals surface area contributed by atoms with E-state index in [1.807, 2.05) is 60.5 Å². The number of anilines is 2. The van der Waals surface area contributed by atoms with Crippen molar-refractivity contribution in [1.82, 2.24) is 10.3 Å². The molecule has 7 heteroatoms. The molecule has 0 aliphatic heterocycles. The number of nitrogens with zero attached hydrogens (tertiary/aromatic N) is 2. The first-order chi connectivity index (χ1) is 16.5. The fraction of sp³-hybridized carbons (Fsp3) is 0.185. The van der Waals surface area contributed by atoms with Crippen LogP contribution in [0.4, 0.5) is 15.2 Å². The number of nitrogens with one attached hydrogen (secondary N) is 1. The highest BCUT2D eigenvalue weighted by molar-refractivity contribution is 7.14. The summed E-state index contributed by atoms with van der Waals surface area (Å²) in [5, 5.41) is 5.63. The van der Waals surface area contributed by atoms with Crippen molar-refractivity contribution in [3.05, 3.63) is 95.1 Å². The molecule has 1 heterocycles. The van der Waals surface area contributed by atoms with E-state index in [4.69, 9.17) is 9.72 Å². The minimum Gasteiger partial charge on any atom is -0.495 e. The van der Waals surface area contributed by atoms with E-state index in [2.05, 4.69) is 17.4 Å².